The van der Waals surface area contributed by atoms with Crippen molar-refractivity contribution in [2.75, 3.05) is 17.7 Å². The lowest BCUT2D eigenvalue weighted by molar-refractivity contribution is -0.125. The molecule has 1 aromatic heterocycles. The first-order valence-corrected chi connectivity index (χ1v) is 8.54. The lowest BCUT2D eigenvalue weighted by atomic mass is 10.1. The van der Waals surface area contributed by atoms with Gasteiger partial charge in [-0.05, 0) is 18.2 Å². The van der Waals surface area contributed by atoms with E-state index in [4.69, 9.17) is 4.74 Å². The molecular formula is C20H18N4O3. The average molecular weight is 362 g/mol. The maximum Gasteiger partial charge on any atom is 0.249 e. The van der Waals surface area contributed by atoms with Gasteiger partial charge in [-0.3, -0.25) is 9.59 Å². The van der Waals surface area contributed by atoms with Gasteiger partial charge in [-0.2, -0.15) is 5.10 Å². The number of anilines is 2. The molecule has 1 aliphatic rings. The molecule has 7 nitrogen and oxygen atoms in total. The highest BCUT2D eigenvalue weighted by atomic mass is 16.5. The number of para-hydroxylation sites is 2. The number of rotatable bonds is 4. The molecule has 27 heavy (non-hydrogen) atoms. The number of hydrogen-bond donors (Lipinski definition) is 2. The predicted octanol–water partition coefficient (Wildman–Crippen LogP) is 3.08. The number of amides is 2. The van der Waals surface area contributed by atoms with Crippen LogP contribution in [0.25, 0.3) is 11.1 Å². The summed E-state index contributed by atoms with van der Waals surface area (Å²) in [4.78, 5) is 25.0. The number of benzene rings is 2. The van der Waals surface area contributed by atoms with Crippen molar-refractivity contribution in [3.8, 4) is 16.9 Å². The zero-order chi connectivity index (χ0) is 18.8. The third-order valence-electron chi connectivity index (χ3n) is 4.47. The van der Waals surface area contributed by atoms with E-state index in [-0.39, 0.29) is 18.2 Å². The minimum Gasteiger partial charge on any atom is -0.496 e. The second-order valence-electron chi connectivity index (χ2n) is 6.18. The summed E-state index contributed by atoms with van der Waals surface area (Å²) in [6, 6.07) is 15.9. The van der Waals surface area contributed by atoms with Gasteiger partial charge in [0.15, 0.2) is 0 Å². The molecular weight excluding hydrogens is 344 g/mol. The van der Waals surface area contributed by atoms with Gasteiger partial charge in [0.1, 0.15) is 17.6 Å². The van der Waals surface area contributed by atoms with E-state index in [0.29, 0.717) is 22.8 Å². The topological polar surface area (TPSA) is 85.2 Å². The van der Waals surface area contributed by atoms with E-state index in [1.807, 2.05) is 42.5 Å². The number of aromatic nitrogens is 2. The van der Waals surface area contributed by atoms with Crippen molar-refractivity contribution in [2.45, 2.75) is 12.5 Å². The van der Waals surface area contributed by atoms with E-state index in [2.05, 4.69) is 15.7 Å². The third-order valence-corrected chi connectivity index (χ3v) is 4.47. The minimum atomic E-state index is -0.725. The molecule has 2 heterocycles. The standard InChI is InChI=1S/C20H18N4O3/c1-27-17-10-6-5-9-14(17)15-12-21-24-16(11-18(25)23-19(15)24)20(26)22-13-7-3-2-4-8-13/h2-10,12,16H,11H2,1H3,(H,22,26)(H,23,25)/t16-/m1/s1. The fraction of sp³-hybridized carbons (Fsp3) is 0.150. The molecule has 1 atom stereocenters. The van der Waals surface area contributed by atoms with Crippen LogP contribution in [0.4, 0.5) is 11.5 Å². The van der Waals surface area contributed by atoms with Gasteiger partial charge in [0.05, 0.1) is 19.7 Å². The average Bonchev–Trinajstić information content (AvgIpc) is 3.11. The summed E-state index contributed by atoms with van der Waals surface area (Å²) in [5, 5.41) is 10.0. The van der Waals surface area contributed by atoms with Crippen molar-refractivity contribution in [3.63, 3.8) is 0 Å². The summed E-state index contributed by atoms with van der Waals surface area (Å²) in [5.74, 6) is 0.640. The van der Waals surface area contributed by atoms with Gasteiger partial charge in [-0.25, -0.2) is 4.68 Å². The predicted molar refractivity (Wildman–Crippen MR) is 102 cm³/mol. The molecule has 0 saturated heterocycles. The van der Waals surface area contributed by atoms with Crippen molar-refractivity contribution >= 4 is 23.3 Å². The highest BCUT2D eigenvalue weighted by Gasteiger charge is 2.33. The fourth-order valence-electron chi connectivity index (χ4n) is 3.18. The smallest absolute Gasteiger partial charge is 0.249 e. The first kappa shape index (κ1) is 16.8. The van der Waals surface area contributed by atoms with E-state index in [0.717, 1.165) is 5.56 Å². The summed E-state index contributed by atoms with van der Waals surface area (Å²) in [5.41, 5.74) is 2.18. The first-order chi connectivity index (χ1) is 13.2. The lowest BCUT2D eigenvalue weighted by Crippen LogP contribution is -2.35. The number of ether oxygens (including phenoxy) is 1. The van der Waals surface area contributed by atoms with Gasteiger partial charge in [0.2, 0.25) is 11.8 Å². The maximum atomic E-state index is 12.8. The number of hydrogen-bond acceptors (Lipinski definition) is 4. The largest absolute Gasteiger partial charge is 0.496 e. The van der Waals surface area contributed by atoms with E-state index < -0.39 is 6.04 Å². The molecule has 3 aromatic rings. The summed E-state index contributed by atoms with van der Waals surface area (Å²) < 4.78 is 6.97. The first-order valence-electron chi connectivity index (χ1n) is 8.54. The fourth-order valence-corrected chi connectivity index (χ4v) is 3.18. The van der Waals surface area contributed by atoms with Crippen LogP contribution < -0.4 is 15.4 Å². The molecule has 0 saturated carbocycles. The van der Waals surface area contributed by atoms with Crippen LogP contribution in [-0.4, -0.2) is 28.7 Å². The minimum absolute atomic E-state index is 0.0265. The second kappa shape index (κ2) is 6.95. The van der Waals surface area contributed by atoms with Crippen LogP contribution in [0, 0.1) is 0 Å². The van der Waals surface area contributed by atoms with Crippen LogP contribution in [0.3, 0.4) is 0 Å². The Morgan fingerprint density at radius 1 is 1.15 bits per heavy atom. The lowest BCUT2D eigenvalue weighted by Gasteiger charge is -2.24. The molecule has 0 spiro atoms. The number of nitrogens with zero attached hydrogens (tertiary/aromatic N) is 2. The Balaban J connectivity index is 1.70. The summed E-state index contributed by atoms with van der Waals surface area (Å²) in [7, 11) is 1.59. The van der Waals surface area contributed by atoms with Gasteiger partial charge >= 0.3 is 0 Å². The van der Waals surface area contributed by atoms with Crippen LogP contribution >= 0.6 is 0 Å². The highest BCUT2D eigenvalue weighted by molar-refractivity contribution is 6.03. The number of methoxy groups -OCH3 is 1. The van der Waals surface area contributed by atoms with Crippen molar-refractivity contribution in [2.24, 2.45) is 0 Å². The Hall–Kier alpha value is -3.61. The monoisotopic (exact) mass is 362 g/mol. The molecule has 0 radical (unpaired) electrons. The molecule has 0 bridgehead atoms. The SMILES string of the molecule is COc1ccccc1-c1cnn2c1NC(=O)C[C@@H]2C(=O)Nc1ccccc1. The van der Waals surface area contributed by atoms with Gasteiger partial charge in [0, 0.05) is 16.8 Å². The van der Waals surface area contributed by atoms with Crippen molar-refractivity contribution in [1.82, 2.24) is 9.78 Å². The molecule has 1 aliphatic heterocycles. The van der Waals surface area contributed by atoms with Crippen LogP contribution in [0.2, 0.25) is 0 Å². The van der Waals surface area contributed by atoms with Crippen LogP contribution in [0.5, 0.6) is 5.75 Å². The zero-order valence-electron chi connectivity index (χ0n) is 14.7. The number of carbonyl (C=O) groups excluding carboxylic acids is 2. The normalized spacial score (nSPS) is 15.6. The van der Waals surface area contributed by atoms with Crippen LogP contribution in [0.1, 0.15) is 12.5 Å². The Kier molecular flexibility index (Phi) is 4.33. The van der Waals surface area contributed by atoms with Gasteiger partial charge < -0.3 is 15.4 Å². The van der Waals surface area contributed by atoms with Crippen LogP contribution in [-0.2, 0) is 9.59 Å². The zero-order valence-corrected chi connectivity index (χ0v) is 14.7. The molecule has 2 aromatic carbocycles. The summed E-state index contributed by atoms with van der Waals surface area (Å²) in [6.45, 7) is 0. The Labute approximate surface area is 156 Å². The van der Waals surface area contributed by atoms with Gasteiger partial charge in [0.25, 0.3) is 0 Å². The number of carbonyl (C=O) groups is 2. The number of fused-ring (bicyclic) bond motifs is 1. The third kappa shape index (κ3) is 3.15. The van der Waals surface area contributed by atoms with Crippen molar-refractivity contribution in [1.29, 1.82) is 0 Å². The molecule has 2 amide bonds. The van der Waals surface area contributed by atoms with Crippen molar-refractivity contribution in [3.05, 3.63) is 60.8 Å². The quantitative estimate of drug-likeness (QED) is 0.747. The van der Waals surface area contributed by atoms with Gasteiger partial charge in [-0.1, -0.05) is 36.4 Å². The molecule has 4 rings (SSSR count). The Morgan fingerprint density at radius 3 is 2.67 bits per heavy atom. The van der Waals surface area contributed by atoms with E-state index in [1.165, 1.54) is 0 Å². The maximum absolute atomic E-state index is 12.8. The van der Waals surface area contributed by atoms with E-state index in [1.54, 1.807) is 30.1 Å². The summed E-state index contributed by atoms with van der Waals surface area (Å²) >= 11 is 0. The molecule has 0 fully saturated rings. The molecule has 136 valence electrons. The molecule has 7 heteroatoms. The Morgan fingerprint density at radius 2 is 1.89 bits per heavy atom. The van der Waals surface area contributed by atoms with E-state index >= 15 is 0 Å². The van der Waals surface area contributed by atoms with Crippen LogP contribution in [0.15, 0.2) is 60.8 Å². The molecule has 0 unspecified atom stereocenters. The summed E-state index contributed by atoms with van der Waals surface area (Å²) in [6.07, 6.45) is 1.67. The molecule has 2 N–H and O–H groups in total. The van der Waals surface area contributed by atoms with E-state index in [9.17, 15) is 9.59 Å². The highest BCUT2D eigenvalue weighted by Crippen LogP contribution is 2.38. The molecule has 0 aliphatic carbocycles. The Bertz CT molecular complexity index is 997. The second-order valence-corrected chi connectivity index (χ2v) is 6.18. The van der Waals surface area contributed by atoms with Gasteiger partial charge in [-0.15, -0.1) is 0 Å². The number of nitrogens with one attached hydrogen (secondary N) is 2. The van der Waals surface area contributed by atoms with Crippen molar-refractivity contribution < 1.29 is 14.3 Å².